The topological polar surface area (TPSA) is 0 Å². The zero-order valence-corrected chi connectivity index (χ0v) is 16.3. The first-order valence-corrected chi connectivity index (χ1v) is 9.79. The van der Waals surface area contributed by atoms with Gasteiger partial charge in [0.05, 0.1) is 0 Å². The Labute approximate surface area is 171 Å². The van der Waals surface area contributed by atoms with Gasteiger partial charge >= 0.3 is 0 Å². The Kier molecular flexibility index (Phi) is 5.41. The molecule has 4 aromatic rings. The van der Waals surface area contributed by atoms with Crippen LogP contribution in [0.15, 0.2) is 115 Å². The quantitative estimate of drug-likeness (QED) is 0.192. The third-order valence-electron chi connectivity index (χ3n) is 4.93. The number of rotatable bonds is 5. The van der Waals surface area contributed by atoms with Crippen molar-refractivity contribution in [2.75, 3.05) is 0 Å². The van der Waals surface area contributed by atoms with Crippen molar-refractivity contribution in [1.29, 1.82) is 0 Å². The summed E-state index contributed by atoms with van der Waals surface area (Å²) in [6, 6.07) is 39.3. The summed E-state index contributed by atoms with van der Waals surface area (Å²) >= 11 is 7.47. The molecule has 0 spiro atoms. The van der Waals surface area contributed by atoms with Crippen LogP contribution in [0.2, 0.25) is 0 Å². The average molecular weight is 381 g/mol. The second-order valence-corrected chi connectivity index (χ2v) is 7.29. The van der Waals surface area contributed by atoms with Gasteiger partial charge in [-0.3, -0.25) is 0 Å². The van der Waals surface area contributed by atoms with Gasteiger partial charge in [-0.1, -0.05) is 127 Å². The molecule has 0 unspecified atom stereocenters. The SMILES string of the molecule is ClC(c1ccccc1)(c1ccccc1)c1ccccc1C=Cc1ccccc1. The van der Waals surface area contributed by atoms with Crippen LogP contribution >= 0.6 is 11.6 Å². The van der Waals surface area contributed by atoms with E-state index in [4.69, 9.17) is 11.6 Å². The van der Waals surface area contributed by atoms with Crippen LogP contribution in [0.4, 0.5) is 0 Å². The molecule has 0 aromatic heterocycles. The van der Waals surface area contributed by atoms with Gasteiger partial charge in [0.2, 0.25) is 0 Å². The second kappa shape index (κ2) is 8.29. The molecule has 0 atom stereocenters. The monoisotopic (exact) mass is 380 g/mol. The van der Waals surface area contributed by atoms with Gasteiger partial charge in [-0.25, -0.2) is 0 Å². The Bertz CT molecular complexity index is 1010. The number of hydrogen-bond acceptors (Lipinski definition) is 0. The maximum Gasteiger partial charge on any atom is 0.120 e. The fraction of sp³-hybridized carbons (Fsp3) is 0.0370. The van der Waals surface area contributed by atoms with Gasteiger partial charge in [0.25, 0.3) is 0 Å². The highest BCUT2D eigenvalue weighted by Gasteiger charge is 2.35. The van der Waals surface area contributed by atoms with Crippen molar-refractivity contribution in [2.24, 2.45) is 0 Å². The molecule has 28 heavy (non-hydrogen) atoms. The maximum absolute atomic E-state index is 7.47. The van der Waals surface area contributed by atoms with E-state index in [0.717, 1.165) is 27.8 Å². The summed E-state index contributed by atoms with van der Waals surface area (Å²) in [6.45, 7) is 0. The van der Waals surface area contributed by atoms with Crippen LogP contribution < -0.4 is 0 Å². The van der Waals surface area contributed by atoms with Crippen LogP contribution in [-0.2, 0) is 4.87 Å². The number of hydrogen-bond donors (Lipinski definition) is 0. The lowest BCUT2D eigenvalue weighted by Gasteiger charge is -2.30. The number of alkyl halides is 1. The van der Waals surface area contributed by atoms with Crippen molar-refractivity contribution in [3.05, 3.63) is 143 Å². The third-order valence-corrected chi connectivity index (χ3v) is 5.57. The normalized spacial score (nSPS) is 11.6. The van der Waals surface area contributed by atoms with E-state index in [0.29, 0.717) is 0 Å². The third kappa shape index (κ3) is 3.65. The molecule has 0 aliphatic rings. The number of halogens is 1. The van der Waals surface area contributed by atoms with E-state index in [2.05, 4.69) is 72.8 Å². The predicted octanol–water partition coefficient (Wildman–Crippen LogP) is 7.39. The summed E-state index contributed by atoms with van der Waals surface area (Å²) in [7, 11) is 0. The van der Waals surface area contributed by atoms with E-state index in [1.54, 1.807) is 0 Å². The van der Waals surface area contributed by atoms with Crippen molar-refractivity contribution < 1.29 is 0 Å². The molecule has 136 valence electrons. The smallest absolute Gasteiger partial charge is 0.104 e. The van der Waals surface area contributed by atoms with Crippen molar-refractivity contribution in [1.82, 2.24) is 0 Å². The van der Waals surface area contributed by atoms with Gasteiger partial charge in [-0.15, -0.1) is 11.6 Å². The molecule has 0 bridgehead atoms. The molecule has 1 heteroatoms. The standard InChI is InChI=1S/C27H21Cl/c28-27(24-15-6-2-7-16-24,25-17-8-3-9-18-25)26-19-11-10-14-23(26)21-20-22-12-4-1-5-13-22/h1-21H. The molecule has 0 nitrogen and oxygen atoms in total. The molecule has 0 heterocycles. The summed E-state index contributed by atoms with van der Waals surface area (Å²) in [6.07, 6.45) is 4.28. The largest absolute Gasteiger partial charge is 0.120 e. The van der Waals surface area contributed by atoms with Gasteiger partial charge in [0.15, 0.2) is 0 Å². The molecule has 0 amide bonds. The maximum atomic E-state index is 7.47. The molecule has 0 N–H and O–H groups in total. The Morgan fingerprint density at radius 2 is 0.964 bits per heavy atom. The van der Waals surface area contributed by atoms with Gasteiger partial charge in [-0.05, 0) is 27.8 Å². The zero-order chi connectivity index (χ0) is 19.2. The van der Waals surface area contributed by atoms with Gasteiger partial charge in [0, 0.05) is 0 Å². The molecule has 0 aliphatic carbocycles. The molecule has 0 saturated carbocycles. The first kappa shape index (κ1) is 18.3. The first-order chi connectivity index (χ1) is 13.8. The van der Waals surface area contributed by atoms with E-state index in [9.17, 15) is 0 Å². The van der Waals surface area contributed by atoms with Gasteiger partial charge in [-0.2, -0.15) is 0 Å². The molecule has 0 fully saturated rings. The average Bonchev–Trinajstić information content (AvgIpc) is 2.79. The molecule has 0 saturated heterocycles. The van der Waals surface area contributed by atoms with Crippen LogP contribution in [0.5, 0.6) is 0 Å². The van der Waals surface area contributed by atoms with Crippen LogP contribution in [-0.4, -0.2) is 0 Å². The Morgan fingerprint density at radius 1 is 0.500 bits per heavy atom. The van der Waals surface area contributed by atoms with Crippen LogP contribution in [0.25, 0.3) is 12.2 Å². The van der Waals surface area contributed by atoms with Crippen molar-refractivity contribution in [3.8, 4) is 0 Å². The molecular formula is C27H21Cl. The molecule has 4 rings (SSSR count). The van der Waals surface area contributed by atoms with Crippen molar-refractivity contribution in [2.45, 2.75) is 4.87 Å². The minimum absolute atomic E-state index is 0.764. The highest BCUT2D eigenvalue weighted by Crippen LogP contribution is 2.44. The molecule has 0 aliphatic heterocycles. The van der Waals surface area contributed by atoms with Crippen LogP contribution in [0.3, 0.4) is 0 Å². The predicted molar refractivity (Wildman–Crippen MR) is 120 cm³/mol. The lowest BCUT2D eigenvalue weighted by molar-refractivity contribution is 0.877. The summed E-state index contributed by atoms with van der Waals surface area (Å²) < 4.78 is 0. The lowest BCUT2D eigenvalue weighted by Crippen LogP contribution is -2.23. The van der Waals surface area contributed by atoms with E-state index in [-0.39, 0.29) is 0 Å². The summed E-state index contributed by atoms with van der Waals surface area (Å²) in [5.74, 6) is 0. The van der Waals surface area contributed by atoms with Crippen LogP contribution in [0, 0.1) is 0 Å². The van der Waals surface area contributed by atoms with Gasteiger partial charge in [0.1, 0.15) is 4.87 Å². The Morgan fingerprint density at radius 3 is 1.54 bits per heavy atom. The lowest BCUT2D eigenvalue weighted by atomic mass is 9.82. The van der Waals surface area contributed by atoms with E-state index in [1.165, 1.54) is 0 Å². The van der Waals surface area contributed by atoms with Crippen LogP contribution in [0.1, 0.15) is 27.8 Å². The van der Waals surface area contributed by atoms with E-state index < -0.39 is 4.87 Å². The summed E-state index contributed by atoms with van der Waals surface area (Å²) in [5, 5.41) is 0. The van der Waals surface area contributed by atoms with Crippen molar-refractivity contribution >= 4 is 23.8 Å². The first-order valence-electron chi connectivity index (χ1n) is 9.41. The van der Waals surface area contributed by atoms with E-state index in [1.807, 2.05) is 54.6 Å². The highest BCUT2D eigenvalue weighted by molar-refractivity contribution is 6.28. The summed E-state index contributed by atoms with van der Waals surface area (Å²) in [5.41, 5.74) is 5.46. The fourth-order valence-corrected chi connectivity index (χ4v) is 3.94. The van der Waals surface area contributed by atoms with E-state index >= 15 is 0 Å². The summed E-state index contributed by atoms with van der Waals surface area (Å²) in [4.78, 5) is -0.764. The fourth-order valence-electron chi connectivity index (χ4n) is 3.52. The Hall–Kier alpha value is -3.09. The van der Waals surface area contributed by atoms with Crippen molar-refractivity contribution in [3.63, 3.8) is 0 Å². The minimum atomic E-state index is -0.764. The molecular weight excluding hydrogens is 360 g/mol. The molecule has 4 aromatic carbocycles. The van der Waals surface area contributed by atoms with Gasteiger partial charge < -0.3 is 0 Å². The molecule has 0 radical (unpaired) electrons. The number of benzene rings is 4. The Balaban J connectivity index is 1.88. The zero-order valence-electron chi connectivity index (χ0n) is 15.5. The minimum Gasteiger partial charge on any atom is -0.104 e. The highest BCUT2D eigenvalue weighted by atomic mass is 35.5. The second-order valence-electron chi connectivity index (χ2n) is 6.72.